The van der Waals surface area contributed by atoms with Gasteiger partial charge < -0.3 is 10.6 Å². The molecule has 2 aromatic rings. The highest BCUT2D eigenvalue weighted by atomic mass is 15.3. The zero-order valence-corrected chi connectivity index (χ0v) is 15.3. The first-order valence-electron chi connectivity index (χ1n) is 10.2. The van der Waals surface area contributed by atoms with Gasteiger partial charge in [0.15, 0.2) is 5.65 Å². The quantitative estimate of drug-likeness (QED) is 0.901. The fourth-order valence-electron chi connectivity index (χ4n) is 5.31. The summed E-state index contributed by atoms with van der Waals surface area (Å²) in [5, 5.41) is 12.0. The molecular formula is C20H29N5. The lowest BCUT2D eigenvalue weighted by molar-refractivity contribution is 0.286. The van der Waals surface area contributed by atoms with Gasteiger partial charge in [-0.1, -0.05) is 26.2 Å². The van der Waals surface area contributed by atoms with Crippen molar-refractivity contribution in [3.05, 3.63) is 23.0 Å². The summed E-state index contributed by atoms with van der Waals surface area (Å²) in [7, 11) is 0. The molecule has 1 spiro atoms. The largest absolute Gasteiger partial charge is 0.366 e. The molecule has 0 amide bonds. The van der Waals surface area contributed by atoms with E-state index in [1.807, 2.05) is 6.20 Å². The van der Waals surface area contributed by atoms with Crippen molar-refractivity contribution in [1.82, 2.24) is 19.9 Å². The van der Waals surface area contributed by atoms with Crippen molar-refractivity contribution >= 4 is 11.5 Å². The molecule has 0 bridgehead atoms. The van der Waals surface area contributed by atoms with E-state index in [4.69, 9.17) is 10.1 Å². The molecule has 1 atom stereocenters. The highest BCUT2D eigenvalue weighted by Gasteiger charge is 2.43. The molecule has 5 rings (SSSR count). The summed E-state index contributed by atoms with van der Waals surface area (Å²) in [6, 6.07) is 0.506. The summed E-state index contributed by atoms with van der Waals surface area (Å²) in [6.45, 7) is 4.36. The van der Waals surface area contributed by atoms with Crippen LogP contribution in [0.15, 0.2) is 6.20 Å². The Balaban J connectivity index is 1.67. The first kappa shape index (κ1) is 15.6. The van der Waals surface area contributed by atoms with E-state index < -0.39 is 0 Å². The summed E-state index contributed by atoms with van der Waals surface area (Å²) in [6.07, 6.45) is 13.4. The van der Waals surface area contributed by atoms with Gasteiger partial charge in [0, 0.05) is 29.1 Å². The summed E-state index contributed by atoms with van der Waals surface area (Å²) in [5.74, 6) is 1.23. The van der Waals surface area contributed by atoms with Gasteiger partial charge in [0.1, 0.15) is 5.82 Å². The Kier molecular flexibility index (Phi) is 3.73. The summed E-state index contributed by atoms with van der Waals surface area (Å²) in [5.41, 5.74) is 5.56. The van der Waals surface area contributed by atoms with E-state index >= 15 is 0 Å². The van der Waals surface area contributed by atoms with Gasteiger partial charge in [-0.15, -0.1) is 0 Å². The number of fused-ring (bicyclic) bond motifs is 3. The molecule has 0 aromatic carbocycles. The molecule has 2 fully saturated rings. The molecule has 0 radical (unpaired) electrons. The standard InChI is InChI=1S/C20H29N5/c1-2-14-12-22-25-18(14)24-17-16(19(25)23-15-7-11-21-13-15)6-10-20(17)8-4-3-5-9-20/h12,15,21,23H,2-11,13H2,1H3. The number of rotatable bonds is 3. The van der Waals surface area contributed by atoms with E-state index in [2.05, 4.69) is 22.1 Å². The number of nitrogens with zero attached hydrogens (tertiary/aromatic N) is 3. The van der Waals surface area contributed by atoms with Crippen molar-refractivity contribution in [2.24, 2.45) is 0 Å². The lowest BCUT2D eigenvalue weighted by Crippen LogP contribution is -2.28. The van der Waals surface area contributed by atoms with Crippen LogP contribution in [-0.4, -0.2) is 33.7 Å². The number of hydrogen-bond acceptors (Lipinski definition) is 4. The number of anilines is 1. The SMILES string of the molecule is CCc1cnn2c(NC3CCNC3)c3c(nc12)C1(CCCCC1)CC3. The normalized spacial score (nSPS) is 24.9. The second-order valence-corrected chi connectivity index (χ2v) is 8.22. The molecule has 5 heteroatoms. The van der Waals surface area contributed by atoms with Gasteiger partial charge in [-0.05, 0) is 45.1 Å². The first-order valence-corrected chi connectivity index (χ1v) is 10.2. The molecular weight excluding hydrogens is 310 g/mol. The van der Waals surface area contributed by atoms with Crippen LogP contribution in [0.1, 0.15) is 68.7 Å². The maximum absolute atomic E-state index is 5.24. The topological polar surface area (TPSA) is 54.2 Å². The Bertz CT molecular complexity index is 781. The van der Waals surface area contributed by atoms with Crippen molar-refractivity contribution in [2.45, 2.75) is 76.2 Å². The molecule has 2 N–H and O–H groups in total. The minimum Gasteiger partial charge on any atom is -0.366 e. The highest BCUT2D eigenvalue weighted by Crippen LogP contribution is 2.49. The zero-order valence-electron chi connectivity index (χ0n) is 15.3. The van der Waals surface area contributed by atoms with Crippen molar-refractivity contribution in [3.8, 4) is 0 Å². The van der Waals surface area contributed by atoms with Crippen LogP contribution in [0.4, 0.5) is 5.82 Å². The molecule has 1 saturated carbocycles. The van der Waals surface area contributed by atoms with Gasteiger partial charge in [-0.2, -0.15) is 9.61 Å². The maximum Gasteiger partial charge on any atom is 0.160 e. The summed E-state index contributed by atoms with van der Waals surface area (Å²) in [4.78, 5) is 5.24. The van der Waals surface area contributed by atoms with Crippen LogP contribution < -0.4 is 10.6 Å². The Morgan fingerprint density at radius 2 is 2.16 bits per heavy atom. The van der Waals surface area contributed by atoms with Gasteiger partial charge in [-0.3, -0.25) is 0 Å². The second-order valence-electron chi connectivity index (χ2n) is 8.22. The Hall–Kier alpha value is -1.62. The Morgan fingerprint density at radius 3 is 2.92 bits per heavy atom. The van der Waals surface area contributed by atoms with E-state index in [1.54, 1.807) is 0 Å². The van der Waals surface area contributed by atoms with Crippen molar-refractivity contribution in [2.75, 3.05) is 18.4 Å². The van der Waals surface area contributed by atoms with Gasteiger partial charge >= 0.3 is 0 Å². The molecule has 3 aliphatic rings. The van der Waals surface area contributed by atoms with Gasteiger partial charge in [-0.25, -0.2) is 4.98 Å². The third kappa shape index (κ3) is 2.39. The van der Waals surface area contributed by atoms with Crippen LogP contribution in [-0.2, 0) is 18.3 Å². The molecule has 1 saturated heterocycles. The third-order valence-corrected chi connectivity index (χ3v) is 6.77. The molecule has 5 nitrogen and oxygen atoms in total. The van der Waals surface area contributed by atoms with Crippen LogP contribution in [0.3, 0.4) is 0 Å². The number of aryl methyl sites for hydroxylation is 1. The van der Waals surface area contributed by atoms with Crippen LogP contribution >= 0.6 is 0 Å². The minimum absolute atomic E-state index is 0.342. The zero-order chi connectivity index (χ0) is 16.9. The van der Waals surface area contributed by atoms with Crippen molar-refractivity contribution in [1.29, 1.82) is 0 Å². The predicted octanol–water partition coefficient (Wildman–Crippen LogP) is 3.21. The monoisotopic (exact) mass is 339 g/mol. The second kappa shape index (κ2) is 5.97. The smallest absolute Gasteiger partial charge is 0.160 e. The third-order valence-electron chi connectivity index (χ3n) is 6.77. The van der Waals surface area contributed by atoms with Crippen LogP contribution in [0.5, 0.6) is 0 Å². The Morgan fingerprint density at radius 1 is 1.28 bits per heavy atom. The fourth-order valence-corrected chi connectivity index (χ4v) is 5.31. The number of aromatic nitrogens is 3. The average Bonchev–Trinajstić information content (AvgIpc) is 3.36. The summed E-state index contributed by atoms with van der Waals surface area (Å²) < 4.78 is 2.10. The van der Waals surface area contributed by atoms with E-state index in [-0.39, 0.29) is 0 Å². The molecule has 1 aliphatic heterocycles. The first-order chi connectivity index (χ1) is 12.3. The minimum atomic E-state index is 0.342. The van der Waals surface area contributed by atoms with Crippen LogP contribution in [0.25, 0.3) is 5.65 Å². The lowest BCUT2D eigenvalue weighted by Gasteiger charge is -2.33. The van der Waals surface area contributed by atoms with E-state index in [1.165, 1.54) is 67.6 Å². The van der Waals surface area contributed by atoms with Crippen molar-refractivity contribution < 1.29 is 0 Å². The van der Waals surface area contributed by atoms with Gasteiger partial charge in [0.2, 0.25) is 0 Å². The van der Waals surface area contributed by atoms with E-state index in [9.17, 15) is 0 Å². The van der Waals surface area contributed by atoms with E-state index in [0.29, 0.717) is 11.5 Å². The molecule has 3 heterocycles. The van der Waals surface area contributed by atoms with E-state index in [0.717, 1.165) is 31.6 Å². The van der Waals surface area contributed by atoms with Gasteiger partial charge in [0.25, 0.3) is 0 Å². The van der Waals surface area contributed by atoms with Crippen LogP contribution in [0, 0.1) is 0 Å². The highest BCUT2D eigenvalue weighted by molar-refractivity contribution is 5.62. The maximum atomic E-state index is 5.24. The molecule has 1 unspecified atom stereocenters. The van der Waals surface area contributed by atoms with Gasteiger partial charge in [0.05, 0.1) is 11.9 Å². The van der Waals surface area contributed by atoms with Crippen molar-refractivity contribution in [3.63, 3.8) is 0 Å². The van der Waals surface area contributed by atoms with Crippen LogP contribution in [0.2, 0.25) is 0 Å². The fraction of sp³-hybridized carbons (Fsp3) is 0.700. The Labute approximate surface area is 149 Å². The molecule has 25 heavy (non-hydrogen) atoms. The predicted molar refractivity (Wildman–Crippen MR) is 100 cm³/mol. The number of nitrogens with one attached hydrogen (secondary N) is 2. The number of hydrogen-bond donors (Lipinski definition) is 2. The summed E-state index contributed by atoms with van der Waals surface area (Å²) >= 11 is 0. The molecule has 134 valence electrons. The molecule has 2 aliphatic carbocycles. The average molecular weight is 339 g/mol. The molecule has 2 aromatic heterocycles. The lowest BCUT2D eigenvalue weighted by atomic mass is 9.72.